The maximum Gasteiger partial charge on any atom is 0.267 e. The van der Waals surface area contributed by atoms with Gasteiger partial charge in [0.15, 0.2) is 0 Å². The van der Waals surface area contributed by atoms with Crippen LogP contribution in [-0.2, 0) is 0 Å². The Labute approximate surface area is 130 Å². The van der Waals surface area contributed by atoms with Gasteiger partial charge in [-0.05, 0) is 50.2 Å². The number of carbonyl (C=O) groups excluding carboxylic acids is 1. The van der Waals surface area contributed by atoms with E-state index in [1.165, 1.54) is 17.8 Å². The number of halogens is 1. The van der Waals surface area contributed by atoms with Crippen LogP contribution in [0.2, 0.25) is 0 Å². The summed E-state index contributed by atoms with van der Waals surface area (Å²) in [6.45, 7) is 2.81. The number of piperidine rings is 1. The fourth-order valence-electron chi connectivity index (χ4n) is 2.53. The highest BCUT2D eigenvalue weighted by Crippen LogP contribution is 2.28. The van der Waals surface area contributed by atoms with Gasteiger partial charge in [-0.3, -0.25) is 4.79 Å². The smallest absolute Gasteiger partial charge is 0.267 e. The lowest BCUT2D eigenvalue weighted by molar-refractivity contribution is 0.0689. The van der Waals surface area contributed by atoms with Crippen molar-refractivity contribution in [2.24, 2.45) is 5.92 Å². The van der Waals surface area contributed by atoms with Crippen LogP contribution < -0.4 is 10.1 Å². The Morgan fingerprint density at radius 1 is 1.50 bits per heavy atom. The molecule has 114 valence electrons. The number of amides is 1. The van der Waals surface area contributed by atoms with Crippen molar-refractivity contribution in [2.45, 2.75) is 19.3 Å². The summed E-state index contributed by atoms with van der Waals surface area (Å²) in [5.74, 6) is 1.58. The zero-order valence-corrected chi connectivity index (χ0v) is 13.7. The summed E-state index contributed by atoms with van der Waals surface area (Å²) in [6.07, 6.45) is 3.43. The number of likely N-dealkylation sites (tertiary alicyclic amines) is 1. The molecular weight excluding hydrogens is 296 g/mol. The molecule has 0 bridgehead atoms. The molecule has 1 aromatic heterocycles. The van der Waals surface area contributed by atoms with Crippen LogP contribution in [0.1, 0.15) is 28.9 Å². The molecule has 1 N–H and O–H groups in total. The van der Waals surface area contributed by atoms with Crippen LogP contribution in [0.25, 0.3) is 0 Å². The van der Waals surface area contributed by atoms with Crippen molar-refractivity contribution in [1.29, 1.82) is 0 Å². The third-order valence-corrected chi connectivity index (χ3v) is 4.63. The number of rotatable bonds is 5. The highest BCUT2D eigenvalue weighted by atomic mass is 35.5. The number of thiophene rings is 1. The molecule has 1 aromatic rings. The topological polar surface area (TPSA) is 41.6 Å². The average molecular weight is 319 g/mol. The van der Waals surface area contributed by atoms with Gasteiger partial charge >= 0.3 is 0 Å². The summed E-state index contributed by atoms with van der Waals surface area (Å²) < 4.78 is 5.23. The molecule has 1 amide bonds. The predicted octanol–water partition coefficient (Wildman–Crippen LogP) is 2.64. The molecule has 2 rings (SSSR count). The second-order valence-electron chi connectivity index (χ2n) is 4.95. The Hall–Kier alpha value is -0.780. The zero-order chi connectivity index (χ0) is 13.7. The molecule has 0 spiro atoms. The molecule has 0 aliphatic carbocycles. The molecule has 2 heterocycles. The summed E-state index contributed by atoms with van der Waals surface area (Å²) in [5.41, 5.74) is 0. The molecule has 0 saturated carbocycles. The quantitative estimate of drug-likeness (QED) is 0.907. The van der Waals surface area contributed by atoms with Gasteiger partial charge < -0.3 is 15.0 Å². The van der Waals surface area contributed by atoms with E-state index in [0.717, 1.165) is 43.3 Å². The Kier molecular flexibility index (Phi) is 7.34. The monoisotopic (exact) mass is 318 g/mol. The van der Waals surface area contributed by atoms with E-state index in [2.05, 4.69) is 5.32 Å². The van der Waals surface area contributed by atoms with Crippen molar-refractivity contribution >= 4 is 29.7 Å². The van der Waals surface area contributed by atoms with Gasteiger partial charge in [0.1, 0.15) is 10.6 Å². The molecule has 1 fully saturated rings. The average Bonchev–Trinajstić information content (AvgIpc) is 2.93. The first-order valence-electron chi connectivity index (χ1n) is 6.81. The minimum absolute atomic E-state index is 0. The number of ether oxygens (including phenoxy) is 1. The third-order valence-electron chi connectivity index (χ3n) is 3.75. The fraction of sp³-hybridized carbons (Fsp3) is 0.643. The Morgan fingerprint density at radius 3 is 2.80 bits per heavy atom. The van der Waals surface area contributed by atoms with E-state index in [9.17, 15) is 4.79 Å². The molecule has 0 aromatic carbocycles. The second kappa shape index (κ2) is 8.49. The SMILES string of the molecule is CNCCC1CCN(C(=O)c2sccc2OC)CC1.Cl. The van der Waals surface area contributed by atoms with Gasteiger partial charge in [-0.15, -0.1) is 23.7 Å². The van der Waals surface area contributed by atoms with Gasteiger partial charge in [0.05, 0.1) is 7.11 Å². The number of hydrogen-bond donors (Lipinski definition) is 1. The maximum absolute atomic E-state index is 12.4. The first-order chi connectivity index (χ1) is 9.26. The van der Waals surface area contributed by atoms with Crippen LogP contribution in [-0.4, -0.2) is 44.6 Å². The lowest BCUT2D eigenvalue weighted by Gasteiger charge is -2.31. The van der Waals surface area contributed by atoms with Crippen LogP contribution in [0, 0.1) is 5.92 Å². The summed E-state index contributed by atoms with van der Waals surface area (Å²) in [6, 6.07) is 1.86. The number of nitrogens with one attached hydrogen (secondary N) is 1. The van der Waals surface area contributed by atoms with Crippen molar-refractivity contribution in [2.75, 3.05) is 33.8 Å². The predicted molar refractivity (Wildman–Crippen MR) is 85.3 cm³/mol. The van der Waals surface area contributed by atoms with E-state index in [0.29, 0.717) is 5.75 Å². The van der Waals surface area contributed by atoms with E-state index in [1.807, 2.05) is 23.4 Å². The highest BCUT2D eigenvalue weighted by Gasteiger charge is 2.25. The van der Waals surface area contributed by atoms with Gasteiger partial charge in [0, 0.05) is 13.1 Å². The molecule has 20 heavy (non-hydrogen) atoms. The van der Waals surface area contributed by atoms with E-state index in [-0.39, 0.29) is 18.3 Å². The van der Waals surface area contributed by atoms with Gasteiger partial charge in [0.2, 0.25) is 0 Å². The van der Waals surface area contributed by atoms with Gasteiger partial charge in [-0.1, -0.05) is 0 Å². The van der Waals surface area contributed by atoms with E-state index in [4.69, 9.17) is 4.74 Å². The second-order valence-corrected chi connectivity index (χ2v) is 5.86. The van der Waals surface area contributed by atoms with Crippen LogP contribution in [0.15, 0.2) is 11.4 Å². The van der Waals surface area contributed by atoms with Crippen LogP contribution in [0.3, 0.4) is 0 Å². The highest BCUT2D eigenvalue weighted by molar-refractivity contribution is 7.12. The molecule has 0 unspecified atom stereocenters. The minimum Gasteiger partial charge on any atom is -0.495 e. The number of hydrogen-bond acceptors (Lipinski definition) is 4. The summed E-state index contributed by atoms with van der Waals surface area (Å²) in [5, 5.41) is 5.10. The largest absolute Gasteiger partial charge is 0.495 e. The van der Waals surface area contributed by atoms with Crippen molar-refractivity contribution in [3.8, 4) is 5.75 Å². The molecule has 6 heteroatoms. The summed E-state index contributed by atoms with van der Waals surface area (Å²) in [7, 11) is 3.60. The summed E-state index contributed by atoms with van der Waals surface area (Å²) >= 11 is 1.46. The van der Waals surface area contributed by atoms with Crippen molar-refractivity contribution < 1.29 is 9.53 Å². The third kappa shape index (κ3) is 4.11. The molecule has 4 nitrogen and oxygen atoms in total. The first-order valence-corrected chi connectivity index (χ1v) is 7.69. The standard InChI is InChI=1S/C14H22N2O2S.ClH/c1-15-7-3-11-4-8-16(9-5-11)14(17)13-12(18-2)6-10-19-13;/h6,10-11,15H,3-5,7-9H2,1-2H3;1H. The van der Waals surface area contributed by atoms with E-state index >= 15 is 0 Å². The Bertz CT molecular complexity index is 417. The molecule has 0 atom stereocenters. The molecular formula is C14H23ClN2O2S. The van der Waals surface area contributed by atoms with Crippen molar-refractivity contribution in [3.05, 3.63) is 16.3 Å². The van der Waals surface area contributed by atoms with E-state index in [1.54, 1.807) is 7.11 Å². The molecule has 1 aliphatic heterocycles. The number of methoxy groups -OCH3 is 1. The van der Waals surface area contributed by atoms with Crippen LogP contribution in [0.5, 0.6) is 5.75 Å². The Morgan fingerprint density at radius 2 is 2.20 bits per heavy atom. The zero-order valence-electron chi connectivity index (χ0n) is 12.1. The lowest BCUT2D eigenvalue weighted by Crippen LogP contribution is -2.38. The van der Waals surface area contributed by atoms with Crippen LogP contribution in [0.4, 0.5) is 0 Å². The first kappa shape index (κ1) is 17.3. The van der Waals surface area contributed by atoms with Gasteiger partial charge in [0.25, 0.3) is 5.91 Å². The fourth-order valence-corrected chi connectivity index (χ4v) is 3.36. The normalized spacial score (nSPS) is 15.8. The maximum atomic E-state index is 12.4. The molecule has 0 radical (unpaired) electrons. The Balaban J connectivity index is 0.00000200. The van der Waals surface area contributed by atoms with Gasteiger partial charge in [-0.2, -0.15) is 0 Å². The number of nitrogens with zero attached hydrogens (tertiary/aromatic N) is 1. The minimum atomic E-state index is 0. The van der Waals surface area contributed by atoms with Crippen molar-refractivity contribution in [1.82, 2.24) is 10.2 Å². The number of carbonyl (C=O) groups is 1. The van der Waals surface area contributed by atoms with Crippen LogP contribution >= 0.6 is 23.7 Å². The van der Waals surface area contributed by atoms with E-state index < -0.39 is 0 Å². The molecule has 1 aliphatic rings. The van der Waals surface area contributed by atoms with Gasteiger partial charge in [-0.25, -0.2) is 0 Å². The molecule has 1 saturated heterocycles. The summed E-state index contributed by atoms with van der Waals surface area (Å²) in [4.78, 5) is 15.1. The van der Waals surface area contributed by atoms with Crippen molar-refractivity contribution in [3.63, 3.8) is 0 Å². The lowest BCUT2D eigenvalue weighted by atomic mass is 9.93.